The summed E-state index contributed by atoms with van der Waals surface area (Å²) in [5.74, 6) is 0.475. The summed E-state index contributed by atoms with van der Waals surface area (Å²) in [7, 11) is 0. The summed E-state index contributed by atoms with van der Waals surface area (Å²) < 4.78 is 7.95. The van der Waals surface area contributed by atoms with Crippen molar-refractivity contribution >= 4 is 11.6 Å². The van der Waals surface area contributed by atoms with Crippen molar-refractivity contribution in [1.82, 2.24) is 14.7 Å². The van der Waals surface area contributed by atoms with E-state index >= 15 is 0 Å². The minimum absolute atomic E-state index is 0.0954. The maximum absolute atomic E-state index is 12.8. The van der Waals surface area contributed by atoms with Crippen LogP contribution in [0, 0.1) is 6.92 Å². The van der Waals surface area contributed by atoms with Crippen molar-refractivity contribution in [1.29, 1.82) is 0 Å². The fourth-order valence-electron chi connectivity index (χ4n) is 3.73. The van der Waals surface area contributed by atoms with Gasteiger partial charge in [-0.25, -0.2) is 4.98 Å². The number of rotatable bonds is 5. The van der Waals surface area contributed by atoms with Crippen LogP contribution in [-0.2, 0) is 6.61 Å². The van der Waals surface area contributed by atoms with Crippen LogP contribution in [-0.4, -0.2) is 27.4 Å². The molecule has 0 spiro atoms. The predicted octanol–water partition coefficient (Wildman–Crippen LogP) is 3.22. The topological polar surface area (TPSA) is 81.7 Å². The van der Waals surface area contributed by atoms with Gasteiger partial charge in [-0.05, 0) is 56.4 Å². The third-order valence-electron chi connectivity index (χ3n) is 5.34. The van der Waals surface area contributed by atoms with E-state index in [1.807, 2.05) is 54.0 Å². The van der Waals surface area contributed by atoms with Crippen LogP contribution in [0.25, 0.3) is 5.65 Å². The van der Waals surface area contributed by atoms with Crippen LogP contribution in [0.3, 0.4) is 0 Å². The Morgan fingerprint density at radius 3 is 2.79 bits per heavy atom. The molecule has 1 aromatic carbocycles. The van der Waals surface area contributed by atoms with E-state index in [9.17, 15) is 4.79 Å². The normalized spacial score (nSPS) is 19.5. The van der Waals surface area contributed by atoms with Gasteiger partial charge in [-0.2, -0.15) is 0 Å². The summed E-state index contributed by atoms with van der Waals surface area (Å²) >= 11 is 0. The zero-order valence-corrected chi connectivity index (χ0v) is 16.1. The third kappa shape index (κ3) is 4.02. The molecule has 0 aliphatic heterocycles. The first-order chi connectivity index (χ1) is 13.6. The van der Waals surface area contributed by atoms with Crippen LogP contribution < -0.4 is 15.8 Å². The Morgan fingerprint density at radius 1 is 1.21 bits per heavy atom. The lowest BCUT2D eigenvalue weighted by molar-refractivity contribution is 0.0921. The second kappa shape index (κ2) is 8.02. The number of amides is 1. The summed E-state index contributed by atoms with van der Waals surface area (Å²) in [4.78, 5) is 17.4. The number of hydrogen-bond acceptors (Lipinski definition) is 4. The van der Waals surface area contributed by atoms with Gasteiger partial charge in [-0.15, -0.1) is 0 Å². The Labute approximate surface area is 164 Å². The van der Waals surface area contributed by atoms with Crippen LogP contribution in [0.2, 0.25) is 0 Å². The zero-order valence-electron chi connectivity index (χ0n) is 16.1. The molecule has 0 atom stereocenters. The first-order valence-electron chi connectivity index (χ1n) is 9.81. The van der Waals surface area contributed by atoms with E-state index in [2.05, 4.69) is 10.3 Å². The number of carbonyl (C=O) groups is 1. The SMILES string of the molecule is Cc1cccn2cc(COc3ccccc3C(=O)NC3CCC(N)CC3)nc12. The predicted molar refractivity (Wildman–Crippen MR) is 108 cm³/mol. The highest BCUT2D eigenvalue weighted by molar-refractivity contribution is 5.97. The van der Waals surface area contributed by atoms with Gasteiger partial charge in [0.15, 0.2) is 0 Å². The molecule has 2 aromatic heterocycles. The lowest BCUT2D eigenvalue weighted by atomic mass is 9.91. The molecule has 1 amide bonds. The van der Waals surface area contributed by atoms with Crippen LogP contribution in [0.5, 0.6) is 5.75 Å². The largest absolute Gasteiger partial charge is 0.486 e. The fourth-order valence-corrected chi connectivity index (χ4v) is 3.73. The Bertz CT molecular complexity index is 974. The second-order valence-electron chi connectivity index (χ2n) is 7.52. The Morgan fingerprint density at radius 2 is 2.00 bits per heavy atom. The minimum atomic E-state index is -0.0954. The van der Waals surface area contributed by atoms with Gasteiger partial charge in [-0.1, -0.05) is 18.2 Å². The molecule has 0 saturated heterocycles. The molecule has 3 aromatic rings. The van der Waals surface area contributed by atoms with Gasteiger partial charge in [0.25, 0.3) is 5.91 Å². The van der Waals surface area contributed by atoms with Crippen molar-refractivity contribution in [2.45, 2.75) is 51.3 Å². The molecule has 1 fully saturated rings. The third-order valence-corrected chi connectivity index (χ3v) is 5.34. The molecule has 6 nitrogen and oxygen atoms in total. The molecule has 6 heteroatoms. The molecule has 4 rings (SSSR count). The number of carbonyl (C=O) groups excluding carboxylic acids is 1. The fraction of sp³-hybridized carbons (Fsp3) is 0.364. The Hall–Kier alpha value is -2.86. The number of nitrogens with one attached hydrogen (secondary N) is 1. The van der Waals surface area contributed by atoms with Gasteiger partial charge in [-0.3, -0.25) is 4.79 Å². The van der Waals surface area contributed by atoms with Crippen LogP contribution in [0.15, 0.2) is 48.8 Å². The van der Waals surface area contributed by atoms with Gasteiger partial charge < -0.3 is 20.2 Å². The highest BCUT2D eigenvalue weighted by Gasteiger charge is 2.22. The molecule has 3 N–H and O–H groups in total. The maximum Gasteiger partial charge on any atom is 0.255 e. The van der Waals surface area contributed by atoms with E-state index in [0.717, 1.165) is 42.6 Å². The summed E-state index contributed by atoms with van der Waals surface area (Å²) in [6.07, 6.45) is 7.69. The number of nitrogens with two attached hydrogens (primary N) is 1. The molecule has 146 valence electrons. The van der Waals surface area contributed by atoms with Crippen molar-refractivity contribution in [3.8, 4) is 5.75 Å². The van der Waals surface area contributed by atoms with Crippen molar-refractivity contribution in [2.24, 2.45) is 5.73 Å². The van der Waals surface area contributed by atoms with Crippen LogP contribution in [0.1, 0.15) is 47.3 Å². The highest BCUT2D eigenvalue weighted by Crippen LogP contribution is 2.22. The summed E-state index contributed by atoms with van der Waals surface area (Å²) in [6.45, 7) is 2.34. The van der Waals surface area contributed by atoms with E-state index in [1.54, 1.807) is 6.07 Å². The first kappa shape index (κ1) is 18.5. The second-order valence-corrected chi connectivity index (χ2v) is 7.52. The van der Waals surface area contributed by atoms with Crippen molar-refractivity contribution < 1.29 is 9.53 Å². The monoisotopic (exact) mass is 378 g/mol. The number of benzene rings is 1. The molecule has 0 bridgehead atoms. The number of aromatic nitrogens is 2. The highest BCUT2D eigenvalue weighted by atomic mass is 16.5. The molecule has 2 heterocycles. The van der Waals surface area contributed by atoms with Crippen molar-refractivity contribution in [2.75, 3.05) is 0 Å². The standard InChI is InChI=1S/C22H26N4O2/c1-15-5-4-12-26-13-18(24-21(15)26)14-28-20-7-3-2-6-19(20)22(27)25-17-10-8-16(23)9-11-17/h2-7,12-13,16-17H,8-11,14,23H2,1H3,(H,25,27). The number of nitrogens with zero attached hydrogens (tertiary/aromatic N) is 2. The average molecular weight is 378 g/mol. The number of hydrogen-bond donors (Lipinski definition) is 2. The van der Waals surface area contributed by atoms with Gasteiger partial charge in [0.2, 0.25) is 0 Å². The number of pyridine rings is 1. The van der Waals surface area contributed by atoms with Crippen molar-refractivity contribution in [3.05, 3.63) is 65.6 Å². The number of imidazole rings is 1. The molecule has 1 saturated carbocycles. The summed E-state index contributed by atoms with van der Waals surface area (Å²) in [5.41, 5.74) is 9.36. The number of ether oxygens (including phenoxy) is 1. The molecule has 28 heavy (non-hydrogen) atoms. The minimum Gasteiger partial charge on any atom is -0.486 e. The number of para-hydroxylation sites is 1. The molecule has 1 aliphatic carbocycles. The van der Waals surface area contributed by atoms with Crippen LogP contribution >= 0.6 is 0 Å². The smallest absolute Gasteiger partial charge is 0.255 e. The van der Waals surface area contributed by atoms with E-state index in [0.29, 0.717) is 17.9 Å². The number of aryl methyl sites for hydroxylation is 1. The van der Waals surface area contributed by atoms with E-state index in [1.165, 1.54) is 0 Å². The van der Waals surface area contributed by atoms with Gasteiger partial charge in [0.05, 0.1) is 11.3 Å². The molecule has 0 radical (unpaired) electrons. The summed E-state index contributed by atoms with van der Waals surface area (Å²) in [6, 6.07) is 11.8. The molecular formula is C22H26N4O2. The van der Waals surface area contributed by atoms with Gasteiger partial charge in [0, 0.05) is 24.5 Å². The quantitative estimate of drug-likeness (QED) is 0.714. The van der Waals surface area contributed by atoms with E-state index in [-0.39, 0.29) is 18.0 Å². The van der Waals surface area contributed by atoms with Gasteiger partial charge in [0.1, 0.15) is 18.0 Å². The zero-order chi connectivity index (χ0) is 19.5. The van der Waals surface area contributed by atoms with Crippen LogP contribution in [0.4, 0.5) is 0 Å². The first-order valence-corrected chi connectivity index (χ1v) is 9.81. The molecular weight excluding hydrogens is 352 g/mol. The number of fused-ring (bicyclic) bond motifs is 1. The summed E-state index contributed by atoms with van der Waals surface area (Å²) in [5, 5.41) is 3.13. The van der Waals surface area contributed by atoms with Crippen molar-refractivity contribution in [3.63, 3.8) is 0 Å². The van der Waals surface area contributed by atoms with Gasteiger partial charge >= 0.3 is 0 Å². The average Bonchev–Trinajstić information content (AvgIpc) is 3.13. The lowest BCUT2D eigenvalue weighted by Gasteiger charge is -2.27. The molecule has 1 aliphatic rings. The van der Waals surface area contributed by atoms with E-state index < -0.39 is 0 Å². The Kier molecular flexibility index (Phi) is 5.30. The maximum atomic E-state index is 12.8. The van der Waals surface area contributed by atoms with E-state index in [4.69, 9.17) is 10.5 Å². The molecule has 0 unspecified atom stereocenters. The Balaban J connectivity index is 1.45. The lowest BCUT2D eigenvalue weighted by Crippen LogP contribution is -2.40.